The van der Waals surface area contributed by atoms with Gasteiger partial charge < -0.3 is 14.8 Å². The molecular weight excluding hydrogens is 262 g/mol. The Bertz CT molecular complexity index is 662. The average Bonchev–Trinajstić information content (AvgIpc) is 2.52. The molecule has 0 aliphatic carbocycles. The molecule has 1 unspecified atom stereocenters. The maximum absolute atomic E-state index is 6.05. The van der Waals surface area contributed by atoms with Gasteiger partial charge in [-0.3, -0.25) is 0 Å². The lowest BCUT2D eigenvalue weighted by atomic mass is 9.99. The molecule has 3 rings (SSSR count). The average molecular weight is 283 g/mol. The largest absolute Gasteiger partial charge is 0.497 e. The highest BCUT2D eigenvalue weighted by atomic mass is 16.5. The third-order valence-corrected chi connectivity index (χ3v) is 4.22. The fourth-order valence-corrected chi connectivity index (χ4v) is 2.81. The molecule has 1 atom stereocenters. The summed E-state index contributed by atoms with van der Waals surface area (Å²) in [5, 5.41) is 3.62. The smallest absolute Gasteiger partial charge is 0.145 e. The summed E-state index contributed by atoms with van der Waals surface area (Å²) in [6, 6.07) is 10.5. The number of methoxy groups -OCH3 is 1. The van der Waals surface area contributed by atoms with Crippen molar-refractivity contribution in [3.8, 4) is 11.5 Å². The Morgan fingerprint density at radius 3 is 2.48 bits per heavy atom. The van der Waals surface area contributed by atoms with Crippen LogP contribution < -0.4 is 14.8 Å². The van der Waals surface area contributed by atoms with E-state index in [0.717, 1.165) is 17.2 Å². The highest BCUT2D eigenvalue weighted by Gasteiger charge is 2.24. The van der Waals surface area contributed by atoms with Crippen molar-refractivity contribution in [2.24, 2.45) is 0 Å². The summed E-state index contributed by atoms with van der Waals surface area (Å²) in [6.45, 7) is 7.01. The van der Waals surface area contributed by atoms with Crippen molar-refractivity contribution in [3.63, 3.8) is 0 Å². The van der Waals surface area contributed by atoms with Crippen molar-refractivity contribution in [3.05, 3.63) is 52.6 Å². The van der Waals surface area contributed by atoms with Crippen LogP contribution in [0, 0.1) is 20.8 Å². The van der Waals surface area contributed by atoms with Gasteiger partial charge in [0.2, 0.25) is 0 Å². The van der Waals surface area contributed by atoms with Crippen LogP contribution in [0.4, 0.5) is 5.69 Å². The lowest BCUT2D eigenvalue weighted by Crippen LogP contribution is -2.25. The summed E-state index contributed by atoms with van der Waals surface area (Å²) < 4.78 is 11.3. The fraction of sp³-hybridized carbons (Fsp3) is 0.333. The van der Waals surface area contributed by atoms with E-state index >= 15 is 0 Å². The third-order valence-electron chi connectivity index (χ3n) is 4.22. The Morgan fingerprint density at radius 2 is 1.81 bits per heavy atom. The number of nitrogens with one attached hydrogen (secondary N) is 1. The van der Waals surface area contributed by atoms with Crippen molar-refractivity contribution in [1.29, 1.82) is 0 Å². The van der Waals surface area contributed by atoms with Gasteiger partial charge in [-0.1, -0.05) is 18.2 Å². The van der Waals surface area contributed by atoms with Gasteiger partial charge in [0.25, 0.3) is 0 Å². The van der Waals surface area contributed by atoms with Gasteiger partial charge in [0, 0.05) is 0 Å². The van der Waals surface area contributed by atoms with Crippen LogP contribution in [0.15, 0.2) is 30.3 Å². The van der Waals surface area contributed by atoms with E-state index in [1.165, 1.54) is 22.3 Å². The molecule has 0 saturated carbocycles. The number of anilines is 1. The van der Waals surface area contributed by atoms with Gasteiger partial charge in [0.15, 0.2) is 0 Å². The van der Waals surface area contributed by atoms with Crippen molar-refractivity contribution in [2.45, 2.75) is 26.8 Å². The molecule has 0 bridgehead atoms. The molecule has 0 radical (unpaired) electrons. The highest BCUT2D eigenvalue weighted by Crippen LogP contribution is 2.40. The fourth-order valence-electron chi connectivity index (χ4n) is 2.81. The quantitative estimate of drug-likeness (QED) is 0.897. The lowest BCUT2D eigenvalue weighted by Gasteiger charge is -2.31. The van der Waals surface area contributed by atoms with Gasteiger partial charge >= 0.3 is 0 Å². The van der Waals surface area contributed by atoms with Crippen LogP contribution in [-0.4, -0.2) is 13.7 Å². The third kappa shape index (κ3) is 2.44. The second-order valence-electron chi connectivity index (χ2n) is 5.62. The SMILES string of the molecule is COc1ccc(C2COc3c(C)c(C)cc(C)c3N2)cc1. The topological polar surface area (TPSA) is 30.5 Å². The van der Waals surface area contributed by atoms with Gasteiger partial charge in [0.05, 0.1) is 18.8 Å². The van der Waals surface area contributed by atoms with Gasteiger partial charge in [-0.2, -0.15) is 0 Å². The van der Waals surface area contributed by atoms with Crippen LogP contribution in [-0.2, 0) is 0 Å². The molecule has 0 amide bonds. The van der Waals surface area contributed by atoms with E-state index in [0.29, 0.717) is 6.61 Å². The minimum absolute atomic E-state index is 0.171. The van der Waals surface area contributed by atoms with Crippen LogP contribution in [0.25, 0.3) is 0 Å². The Balaban J connectivity index is 1.92. The first kappa shape index (κ1) is 13.8. The summed E-state index contributed by atoms with van der Waals surface area (Å²) in [6.07, 6.45) is 0. The zero-order valence-electron chi connectivity index (χ0n) is 13.0. The van der Waals surface area contributed by atoms with E-state index in [9.17, 15) is 0 Å². The monoisotopic (exact) mass is 283 g/mol. The zero-order valence-corrected chi connectivity index (χ0v) is 13.0. The number of benzene rings is 2. The first-order valence-electron chi connectivity index (χ1n) is 7.24. The summed E-state index contributed by atoms with van der Waals surface area (Å²) in [7, 11) is 1.68. The van der Waals surface area contributed by atoms with Gasteiger partial charge in [0.1, 0.15) is 18.1 Å². The van der Waals surface area contributed by atoms with E-state index in [4.69, 9.17) is 9.47 Å². The molecule has 110 valence electrons. The summed E-state index contributed by atoms with van der Waals surface area (Å²) in [5.41, 5.74) is 6.04. The van der Waals surface area contributed by atoms with E-state index in [2.05, 4.69) is 44.3 Å². The number of rotatable bonds is 2. The predicted molar refractivity (Wildman–Crippen MR) is 85.5 cm³/mol. The molecule has 0 saturated heterocycles. The van der Waals surface area contributed by atoms with Crippen LogP contribution in [0.1, 0.15) is 28.3 Å². The molecule has 1 aliphatic rings. The summed E-state index contributed by atoms with van der Waals surface area (Å²) in [4.78, 5) is 0. The summed E-state index contributed by atoms with van der Waals surface area (Å²) in [5.74, 6) is 1.87. The van der Waals surface area contributed by atoms with Gasteiger partial charge in [-0.05, 0) is 55.2 Å². The normalized spacial score (nSPS) is 16.7. The van der Waals surface area contributed by atoms with Crippen molar-refractivity contribution >= 4 is 5.69 Å². The second kappa shape index (κ2) is 5.32. The molecule has 3 heteroatoms. The molecule has 3 nitrogen and oxygen atoms in total. The van der Waals surface area contributed by atoms with E-state index in [1.54, 1.807) is 7.11 Å². The van der Waals surface area contributed by atoms with Gasteiger partial charge in [-0.15, -0.1) is 0 Å². The van der Waals surface area contributed by atoms with E-state index < -0.39 is 0 Å². The first-order valence-corrected chi connectivity index (χ1v) is 7.24. The molecule has 0 aromatic heterocycles. The molecule has 2 aromatic carbocycles. The number of ether oxygens (including phenoxy) is 2. The predicted octanol–water partition coefficient (Wildman–Crippen LogP) is 4.17. The molecule has 1 heterocycles. The Labute approximate surface area is 125 Å². The van der Waals surface area contributed by atoms with Crippen LogP contribution >= 0.6 is 0 Å². The standard InChI is InChI=1S/C18H21NO2/c1-11-9-12(2)17-18(13(11)3)21-10-16(19-17)14-5-7-15(20-4)8-6-14/h5-9,16,19H,10H2,1-4H3. The minimum Gasteiger partial charge on any atom is -0.497 e. The molecule has 2 aromatic rings. The number of hydrogen-bond donors (Lipinski definition) is 1. The number of hydrogen-bond acceptors (Lipinski definition) is 3. The maximum Gasteiger partial charge on any atom is 0.145 e. The molecule has 1 aliphatic heterocycles. The van der Waals surface area contributed by atoms with Crippen molar-refractivity contribution in [2.75, 3.05) is 19.0 Å². The molecule has 21 heavy (non-hydrogen) atoms. The molecule has 1 N–H and O–H groups in total. The number of fused-ring (bicyclic) bond motifs is 1. The van der Waals surface area contributed by atoms with E-state index in [1.807, 2.05) is 12.1 Å². The first-order chi connectivity index (χ1) is 10.1. The second-order valence-corrected chi connectivity index (χ2v) is 5.62. The lowest BCUT2D eigenvalue weighted by molar-refractivity contribution is 0.284. The van der Waals surface area contributed by atoms with Crippen molar-refractivity contribution < 1.29 is 9.47 Å². The molecule has 0 spiro atoms. The zero-order chi connectivity index (χ0) is 15.0. The highest BCUT2D eigenvalue weighted by molar-refractivity contribution is 5.68. The molecule has 0 fully saturated rings. The Morgan fingerprint density at radius 1 is 1.10 bits per heavy atom. The number of aryl methyl sites for hydroxylation is 2. The minimum atomic E-state index is 0.171. The van der Waals surface area contributed by atoms with Crippen molar-refractivity contribution in [1.82, 2.24) is 0 Å². The van der Waals surface area contributed by atoms with Crippen LogP contribution in [0.3, 0.4) is 0 Å². The van der Waals surface area contributed by atoms with Crippen LogP contribution in [0.5, 0.6) is 11.5 Å². The van der Waals surface area contributed by atoms with Crippen LogP contribution in [0.2, 0.25) is 0 Å². The Kier molecular flexibility index (Phi) is 3.50. The summed E-state index contributed by atoms with van der Waals surface area (Å²) >= 11 is 0. The molecular formula is C18H21NO2. The Hall–Kier alpha value is -2.16. The van der Waals surface area contributed by atoms with E-state index in [-0.39, 0.29) is 6.04 Å². The van der Waals surface area contributed by atoms with Gasteiger partial charge in [-0.25, -0.2) is 0 Å². The maximum atomic E-state index is 6.05.